The highest BCUT2D eigenvalue weighted by Gasteiger charge is 2.41. The van der Waals surface area contributed by atoms with Gasteiger partial charge in [-0.1, -0.05) is 17.8 Å². The minimum atomic E-state index is -2.59. The smallest absolute Gasteiger partial charge is 0.242 e. The average molecular weight is 441 g/mol. The van der Waals surface area contributed by atoms with E-state index in [2.05, 4.69) is 20.3 Å². The molecule has 0 fully saturated rings. The summed E-state index contributed by atoms with van der Waals surface area (Å²) >= 11 is 0.897. The highest BCUT2D eigenvalue weighted by molar-refractivity contribution is 8.00. The monoisotopic (exact) mass is 440 g/mol. The minimum absolute atomic E-state index is 0.135. The van der Waals surface area contributed by atoms with Gasteiger partial charge in [0.25, 0.3) is 0 Å². The predicted molar refractivity (Wildman–Crippen MR) is 108 cm³/mol. The van der Waals surface area contributed by atoms with E-state index in [9.17, 15) is 13.2 Å². The van der Waals surface area contributed by atoms with Crippen molar-refractivity contribution >= 4 is 39.1 Å². The van der Waals surface area contributed by atoms with Crippen LogP contribution in [0.1, 0.15) is 6.92 Å². The van der Waals surface area contributed by atoms with Crippen LogP contribution >= 0.6 is 11.8 Å². The number of rotatable bonds is 9. The van der Waals surface area contributed by atoms with E-state index in [0.29, 0.717) is 5.82 Å². The lowest BCUT2D eigenvalue weighted by Crippen LogP contribution is -2.48. The fraction of sp³-hybridized carbons (Fsp3) is 0.353. The maximum Gasteiger partial charge on any atom is 0.242 e. The number of hydrogen-bond donors (Lipinski definition) is 1. The van der Waals surface area contributed by atoms with Crippen molar-refractivity contribution in [3.05, 3.63) is 30.5 Å². The molecule has 0 radical (unpaired) electrons. The van der Waals surface area contributed by atoms with Gasteiger partial charge < -0.3 is 19.5 Å². The number of anilines is 1. The quantitative estimate of drug-likeness (QED) is 0.343. The Balaban J connectivity index is 2.46. The Morgan fingerprint density at radius 2 is 1.86 bits per heavy atom. The number of pyridine rings is 1. The van der Waals surface area contributed by atoms with Gasteiger partial charge in [0.15, 0.2) is 5.16 Å². The van der Waals surface area contributed by atoms with Gasteiger partial charge in [-0.25, -0.2) is 4.98 Å². The molecule has 12 heteroatoms. The van der Waals surface area contributed by atoms with Crippen LogP contribution in [0.3, 0.4) is 0 Å². The first-order valence-electron chi connectivity index (χ1n) is 8.16. The molecule has 2 heterocycles. The molecule has 2 unspecified atom stereocenters. The molecular formula is C17H20N4O6S2. The van der Waals surface area contributed by atoms with Crippen molar-refractivity contribution in [3.8, 4) is 11.8 Å². The SMILES string of the molecule is COc1cc(OC)nc(SC(C(=O)Nc2ccccn2)C(C)(C=S(=O)=O)OC)n1. The number of carbonyl (C=O) groups excluding carboxylic acids is 1. The van der Waals surface area contributed by atoms with Crippen molar-refractivity contribution in [2.45, 2.75) is 22.9 Å². The number of hydrogen-bond acceptors (Lipinski definition) is 10. The summed E-state index contributed by atoms with van der Waals surface area (Å²) in [5.41, 5.74) is -1.50. The van der Waals surface area contributed by atoms with Gasteiger partial charge in [-0.05, 0) is 19.1 Å². The third kappa shape index (κ3) is 6.14. The Kier molecular flexibility index (Phi) is 7.93. The van der Waals surface area contributed by atoms with E-state index < -0.39 is 27.1 Å². The summed E-state index contributed by atoms with van der Waals surface area (Å²) in [7, 11) is 1.57. The van der Waals surface area contributed by atoms with E-state index in [-0.39, 0.29) is 16.9 Å². The number of thioether (sulfide) groups is 1. The molecule has 2 rings (SSSR count). The van der Waals surface area contributed by atoms with Crippen LogP contribution in [-0.2, 0) is 19.8 Å². The summed E-state index contributed by atoms with van der Waals surface area (Å²) < 4.78 is 38.3. The Morgan fingerprint density at radius 1 is 1.21 bits per heavy atom. The second kappa shape index (κ2) is 10.2. The Labute approximate surface area is 173 Å². The van der Waals surface area contributed by atoms with Crippen LogP contribution in [0.5, 0.6) is 11.8 Å². The minimum Gasteiger partial charge on any atom is -0.481 e. The van der Waals surface area contributed by atoms with Crippen molar-refractivity contribution in [2.75, 3.05) is 26.6 Å². The third-order valence-corrected chi connectivity index (χ3v) is 5.72. The van der Waals surface area contributed by atoms with Gasteiger partial charge in [-0.3, -0.25) is 4.79 Å². The van der Waals surface area contributed by atoms with E-state index in [1.54, 1.807) is 18.2 Å². The van der Waals surface area contributed by atoms with Crippen molar-refractivity contribution < 1.29 is 27.4 Å². The largest absolute Gasteiger partial charge is 0.481 e. The van der Waals surface area contributed by atoms with E-state index in [1.807, 2.05) is 0 Å². The lowest BCUT2D eigenvalue weighted by molar-refractivity contribution is -0.118. The van der Waals surface area contributed by atoms with Crippen molar-refractivity contribution in [1.29, 1.82) is 0 Å². The first kappa shape index (κ1) is 22.6. The topological polar surface area (TPSA) is 130 Å². The number of methoxy groups -OCH3 is 3. The molecule has 1 amide bonds. The molecule has 10 nitrogen and oxygen atoms in total. The fourth-order valence-corrected chi connectivity index (χ4v) is 3.98. The third-order valence-electron chi connectivity index (χ3n) is 3.75. The number of nitrogens with zero attached hydrogens (tertiary/aromatic N) is 3. The summed E-state index contributed by atoms with van der Waals surface area (Å²) in [6, 6.07) is 6.48. The molecule has 0 aliphatic carbocycles. The first-order chi connectivity index (χ1) is 13.8. The van der Waals surface area contributed by atoms with E-state index in [1.165, 1.54) is 40.5 Å². The zero-order chi connectivity index (χ0) is 21.4. The van der Waals surface area contributed by atoms with Crippen LogP contribution in [0.4, 0.5) is 5.82 Å². The van der Waals surface area contributed by atoms with Crippen LogP contribution in [0, 0.1) is 0 Å². The maximum atomic E-state index is 13.0. The summed E-state index contributed by atoms with van der Waals surface area (Å²) in [6.07, 6.45) is 1.52. The first-order valence-corrected chi connectivity index (χ1v) is 10.2. The highest BCUT2D eigenvalue weighted by atomic mass is 32.2. The molecule has 29 heavy (non-hydrogen) atoms. The molecule has 0 aliphatic heterocycles. The van der Waals surface area contributed by atoms with Gasteiger partial charge in [0, 0.05) is 13.3 Å². The number of ether oxygens (including phenoxy) is 3. The Morgan fingerprint density at radius 3 is 2.34 bits per heavy atom. The van der Waals surface area contributed by atoms with E-state index >= 15 is 0 Å². The number of nitrogens with one attached hydrogen (secondary N) is 1. The van der Waals surface area contributed by atoms with Gasteiger partial charge in [-0.2, -0.15) is 18.4 Å². The van der Waals surface area contributed by atoms with Crippen molar-refractivity contribution in [3.63, 3.8) is 0 Å². The lowest BCUT2D eigenvalue weighted by Gasteiger charge is -2.30. The van der Waals surface area contributed by atoms with Crippen LogP contribution in [0.25, 0.3) is 0 Å². The lowest BCUT2D eigenvalue weighted by atomic mass is 10.0. The van der Waals surface area contributed by atoms with Gasteiger partial charge >= 0.3 is 0 Å². The standard InChI is InChI=1S/C17H20N4O6S2/c1-17(27-4,10-29(23)24)14(15(22)19-11-7-5-6-8-18-11)28-16-20-12(25-2)9-13(21-16)26-3/h5-10,14H,1-4H3,(H,18,19,22). The molecule has 0 aliphatic rings. The molecule has 2 aromatic rings. The van der Waals surface area contributed by atoms with Gasteiger partial charge in [-0.15, -0.1) is 0 Å². The molecule has 2 aromatic heterocycles. The highest BCUT2D eigenvalue weighted by Crippen LogP contribution is 2.32. The summed E-state index contributed by atoms with van der Waals surface area (Å²) in [5.74, 6) is 0.191. The predicted octanol–water partition coefficient (Wildman–Crippen LogP) is 1.07. The van der Waals surface area contributed by atoms with Crippen LogP contribution in [0.2, 0.25) is 0 Å². The van der Waals surface area contributed by atoms with Crippen molar-refractivity contribution in [2.24, 2.45) is 0 Å². The number of aromatic nitrogens is 3. The van der Waals surface area contributed by atoms with E-state index in [0.717, 1.165) is 17.1 Å². The van der Waals surface area contributed by atoms with Crippen molar-refractivity contribution in [1.82, 2.24) is 15.0 Å². The zero-order valence-corrected chi connectivity index (χ0v) is 17.8. The van der Waals surface area contributed by atoms with Gasteiger partial charge in [0.1, 0.15) is 16.7 Å². The second-order valence-electron chi connectivity index (χ2n) is 5.70. The van der Waals surface area contributed by atoms with E-state index in [4.69, 9.17) is 14.2 Å². The maximum absolute atomic E-state index is 13.0. The molecule has 0 spiro atoms. The molecule has 0 saturated heterocycles. The summed E-state index contributed by atoms with van der Waals surface area (Å²) in [4.78, 5) is 25.4. The molecule has 1 N–H and O–H groups in total. The number of carbonyl (C=O) groups is 1. The molecule has 2 atom stereocenters. The van der Waals surface area contributed by atoms with Gasteiger partial charge in [0.05, 0.1) is 25.7 Å². The summed E-state index contributed by atoms with van der Waals surface area (Å²) in [6.45, 7) is 1.47. The summed E-state index contributed by atoms with van der Waals surface area (Å²) in [5, 5.41) is 2.59. The molecule has 0 saturated carbocycles. The molecule has 156 valence electrons. The van der Waals surface area contributed by atoms with Crippen LogP contribution in [-0.4, -0.2) is 66.8 Å². The fourth-order valence-electron chi connectivity index (χ4n) is 2.22. The average Bonchev–Trinajstić information content (AvgIpc) is 2.71. The van der Waals surface area contributed by atoms with Crippen LogP contribution in [0.15, 0.2) is 35.6 Å². The zero-order valence-electron chi connectivity index (χ0n) is 16.1. The molecule has 0 aromatic carbocycles. The Bertz CT molecular complexity index is 956. The normalized spacial score (nSPS) is 13.7. The van der Waals surface area contributed by atoms with Gasteiger partial charge in [0.2, 0.25) is 28.0 Å². The Hall–Kier alpha value is -2.70. The second-order valence-corrected chi connectivity index (χ2v) is 7.53. The number of amides is 1. The molecule has 0 bridgehead atoms. The molecular weight excluding hydrogens is 420 g/mol. The van der Waals surface area contributed by atoms with Crippen LogP contribution < -0.4 is 14.8 Å².